The van der Waals surface area contributed by atoms with Crippen LogP contribution in [0.5, 0.6) is 0 Å². The highest BCUT2D eigenvalue weighted by molar-refractivity contribution is 5.98. The zero-order chi connectivity index (χ0) is 14.4. The van der Waals surface area contributed by atoms with Gasteiger partial charge in [-0.3, -0.25) is 4.79 Å². The first-order valence-corrected chi connectivity index (χ1v) is 6.72. The molecule has 0 aliphatic heterocycles. The van der Waals surface area contributed by atoms with Crippen LogP contribution in [-0.4, -0.2) is 24.0 Å². The van der Waals surface area contributed by atoms with Gasteiger partial charge in [0.1, 0.15) is 0 Å². The third kappa shape index (κ3) is 3.93. The number of carbonyl (C=O) groups excluding carboxylic acids is 1. The van der Waals surface area contributed by atoms with Gasteiger partial charge in [-0.05, 0) is 31.0 Å². The van der Waals surface area contributed by atoms with Gasteiger partial charge in [0.2, 0.25) is 0 Å². The molecule has 0 saturated carbocycles. The van der Waals surface area contributed by atoms with Crippen molar-refractivity contribution in [1.82, 2.24) is 0 Å². The summed E-state index contributed by atoms with van der Waals surface area (Å²) >= 11 is 0. The number of hydrogen-bond donors (Lipinski definition) is 2. The largest absolute Gasteiger partial charge is 0.396 e. The molecule has 3 heteroatoms. The summed E-state index contributed by atoms with van der Waals surface area (Å²) in [5.74, 6) is 0.0736. The molecule has 2 rings (SSSR count). The van der Waals surface area contributed by atoms with Crippen molar-refractivity contribution < 1.29 is 9.90 Å². The van der Waals surface area contributed by atoms with Crippen LogP contribution in [0.3, 0.4) is 0 Å². The molecule has 0 aliphatic rings. The fourth-order valence-electron chi connectivity index (χ4n) is 1.94. The average Bonchev–Trinajstić information content (AvgIpc) is 2.47. The highest BCUT2D eigenvalue weighted by atomic mass is 16.2. The van der Waals surface area contributed by atoms with Crippen LogP contribution in [-0.2, 0) is 6.42 Å². The first kappa shape index (κ1) is 14.3. The predicted molar refractivity (Wildman–Crippen MR) is 81.2 cm³/mol. The molecule has 0 spiro atoms. The number of hydrogen-bond acceptors (Lipinski definition) is 3. The predicted octanol–water partition coefficient (Wildman–Crippen LogP) is 2.82. The van der Waals surface area contributed by atoms with Gasteiger partial charge in [0.25, 0.3) is 0 Å². The van der Waals surface area contributed by atoms with Gasteiger partial charge >= 0.3 is 0 Å². The minimum Gasteiger partial charge on any atom is -0.396 e. The van der Waals surface area contributed by atoms with E-state index in [0.29, 0.717) is 6.42 Å². The standard InChI is InChI=1S/C17H19NO2/c1-13-2-6-15(7-3-13)17(20)12-18-16-8-4-14(5-9-16)10-11-19/h2-9,18-19H,10-12H2,1H3. The Morgan fingerprint density at radius 2 is 1.70 bits per heavy atom. The summed E-state index contributed by atoms with van der Waals surface area (Å²) in [6.07, 6.45) is 0.655. The van der Waals surface area contributed by atoms with Crippen molar-refractivity contribution in [1.29, 1.82) is 0 Å². The monoisotopic (exact) mass is 269 g/mol. The first-order chi connectivity index (χ1) is 9.69. The summed E-state index contributed by atoms with van der Waals surface area (Å²) in [6, 6.07) is 15.3. The lowest BCUT2D eigenvalue weighted by molar-refractivity contribution is 0.101. The molecule has 0 aliphatic carbocycles. The molecule has 0 heterocycles. The number of ketones is 1. The Labute approximate surface area is 119 Å². The molecule has 0 radical (unpaired) electrons. The molecule has 0 saturated heterocycles. The zero-order valence-electron chi connectivity index (χ0n) is 11.6. The minimum absolute atomic E-state index is 0.0736. The normalized spacial score (nSPS) is 10.3. The highest BCUT2D eigenvalue weighted by Gasteiger charge is 2.05. The number of aryl methyl sites for hydroxylation is 1. The minimum atomic E-state index is 0.0736. The molecular weight excluding hydrogens is 250 g/mol. The van der Waals surface area contributed by atoms with Crippen LogP contribution in [0.15, 0.2) is 48.5 Å². The van der Waals surface area contributed by atoms with E-state index >= 15 is 0 Å². The second-order valence-electron chi connectivity index (χ2n) is 4.81. The maximum absolute atomic E-state index is 12.0. The lowest BCUT2D eigenvalue weighted by atomic mass is 10.1. The molecule has 0 bridgehead atoms. The second-order valence-corrected chi connectivity index (χ2v) is 4.81. The molecule has 0 aromatic heterocycles. The van der Waals surface area contributed by atoms with Gasteiger partial charge in [-0.2, -0.15) is 0 Å². The molecule has 0 unspecified atom stereocenters. The number of anilines is 1. The van der Waals surface area contributed by atoms with Gasteiger partial charge in [0.15, 0.2) is 5.78 Å². The number of rotatable bonds is 6. The number of Topliss-reactive ketones (excluding diaryl/α,β-unsaturated/α-hetero) is 1. The Morgan fingerprint density at radius 3 is 2.30 bits per heavy atom. The summed E-state index contributed by atoms with van der Waals surface area (Å²) in [5.41, 5.74) is 3.86. The van der Waals surface area contributed by atoms with Crippen molar-refractivity contribution in [2.24, 2.45) is 0 Å². The van der Waals surface area contributed by atoms with Crippen molar-refractivity contribution >= 4 is 11.5 Å². The first-order valence-electron chi connectivity index (χ1n) is 6.72. The van der Waals surface area contributed by atoms with E-state index in [9.17, 15) is 4.79 Å². The van der Waals surface area contributed by atoms with E-state index in [1.807, 2.05) is 55.5 Å². The quantitative estimate of drug-likeness (QED) is 0.793. The van der Waals surface area contributed by atoms with Crippen LogP contribution in [0.2, 0.25) is 0 Å². The van der Waals surface area contributed by atoms with Gasteiger partial charge in [0, 0.05) is 17.9 Å². The molecule has 3 nitrogen and oxygen atoms in total. The average molecular weight is 269 g/mol. The lowest BCUT2D eigenvalue weighted by Crippen LogP contribution is -2.13. The molecule has 2 aromatic rings. The van der Waals surface area contributed by atoms with E-state index in [2.05, 4.69) is 5.32 Å². The number of aliphatic hydroxyl groups excluding tert-OH is 1. The molecule has 0 amide bonds. The summed E-state index contributed by atoms with van der Waals surface area (Å²) in [5, 5.41) is 12.0. The van der Waals surface area contributed by atoms with E-state index < -0.39 is 0 Å². The van der Waals surface area contributed by atoms with Gasteiger partial charge < -0.3 is 10.4 Å². The summed E-state index contributed by atoms with van der Waals surface area (Å²) in [6.45, 7) is 2.43. The van der Waals surface area contributed by atoms with E-state index in [1.54, 1.807) is 0 Å². The molecular formula is C17H19NO2. The van der Waals surface area contributed by atoms with Crippen LogP contribution in [0.1, 0.15) is 21.5 Å². The van der Waals surface area contributed by atoms with Crippen LogP contribution in [0, 0.1) is 6.92 Å². The Hall–Kier alpha value is -2.13. The van der Waals surface area contributed by atoms with Crippen LogP contribution >= 0.6 is 0 Å². The summed E-state index contributed by atoms with van der Waals surface area (Å²) in [4.78, 5) is 12.0. The van der Waals surface area contributed by atoms with Crippen molar-refractivity contribution in [2.45, 2.75) is 13.3 Å². The van der Waals surface area contributed by atoms with Gasteiger partial charge in [-0.25, -0.2) is 0 Å². The molecule has 2 aromatic carbocycles. The van der Waals surface area contributed by atoms with Crippen LogP contribution in [0.4, 0.5) is 5.69 Å². The molecule has 0 atom stereocenters. The molecule has 20 heavy (non-hydrogen) atoms. The highest BCUT2D eigenvalue weighted by Crippen LogP contribution is 2.10. The van der Waals surface area contributed by atoms with E-state index in [1.165, 1.54) is 0 Å². The Bertz CT molecular complexity index is 559. The lowest BCUT2D eigenvalue weighted by Gasteiger charge is -2.07. The maximum Gasteiger partial charge on any atom is 0.181 e. The third-order valence-corrected chi connectivity index (χ3v) is 3.18. The maximum atomic E-state index is 12.0. The molecule has 104 valence electrons. The van der Waals surface area contributed by atoms with Crippen LogP contribution < -0.4 is 5.32 Å². The third-order valence-electron chi connectivity index (χ3n) is 3.18. The van der Waals surface area contributed by atoms with Gasteiger partial charge in [-0.1, -0.05) is 42.0 Å². The second kappa shape index (κ2) is 6.87. The fraction of sp³-hybridized carbons (Fsp3) is 0.235. The smallest absolute Gasteiger partial charge is 0.181 e. The summed E-state index contributed by atoms with van der Waals surface area (Å²) < 4.78 is 0. The Kier molecular flexibility index (Phi) is 4.91. The van der Waals surface area contributed by atoms with Gasteiger partial charge in [-0.15, -0.1) is 0 Å². The van der Waals surface area contributed by atoms with Crippen molar-refractivity contribution in [3.63, 3.8) is 0 Å². The fourth-order valence-corrected chi connectivity index (χ4v) is 1.94. The zero-order valence-corrected chi connectivity index (χ0v) is 11.6. The van der Waals surface area contributed by atoms with Crippen LogP contribution in [0.25, 0.3) is 0 Å². The van der Waals surface area contributed by atoms with E-state index in [-0.39, 0.29) is 18.9 Å². The SMILES string of the molecule is Cc1ccc(C(=O)CNc2ccc(CCO)cc2)cc1. The molecule has 2 N–H and O–H groups in total. The number of benzene rings is 2. The van der Waals surface area contributed by atoms with E-state index in [0.717, 1.165) is 22.4 Å². The molecule has 0 fully saturated rings. The van der Waals surface area contributed by atoms with Crippen molar-refractivity contribution in [3.8, 4) is 0 Å². The number of carbonyl (C=O) groups is 1. The van der Waals surface area contributed by atoms with Crippen molar-refractivity contribution in [3.05, 3.63) is 65.2 Å². The van der Waals surface area contributed by atoms with E-state index in [4.69, 9.17) is 5.11 Å². The number of aliphatic hydroxyl groups is 1. The van der Waals surface area contributed by atoms with Gasteiger partial charge in [0.05, 0.1) is 6.54 Å². The Morgan fingerprint density at radius 1 is 1.05 bits per heavy atom. The number of nitrogens with one attached hydrogen (secondary N) is 1. The summed E-state index contributed by atoms with van der Waals surface area (Å²) in [7, 11) is 0. The topological polar surface area (TPSA) is 49.3 Å². The Balaban J connectivity index is 1.91. The van der Waals surface area contributed by atoms with Crippen molar-refractivity contribution in [2.75, 3.05) is 18.5 Å².